The molecule has 0 atom stereocenters. The number of thioether (sulfide) groups is 1. The van der Waals surface area contributed by atoms with Gasteiger partial charge in [-0.15, -0.1) is 0 Å². The average molecular weight is 329 g/mol. The molecule has 0 unspecified atom stereocenters. The van der Waals surface area contributed by atoms with Crippen LogP contribution in [0.25, 0.3) is 22.6 Å². The van der Waals surface area contributed by atoms with Crippen molar-refractivity contribution >= 4 is 22.9 Å². The molecule has 6 heteroatoms. The number of aromatic amines is 1. The molecule has 3 rings (SSSR count). The van der Waals surface area contributed by atoms with E-state index in [0.717, 1.165) is 39.9 Å². The van der Waals surface area contributed by atoms with Crippen molar-refractivity contribution in [1.29, 1.82) is 0 Å². The highest BCUT2D eigenvalue weighted by molar-refractivity contribution is 7.99. The standard InChI is InChI=1S/C17H19N3O2S/c1-3-23-10-9-22-15-11-12(21-2)6-7-13(15)16-19-14-5-4-8-18-17(14)20-16/h4-8,11H,3,9-10H2,1-2H3,(H,18,19,20). The highest BCUT2D eigenvalue weighted by atomic mass is 32.2. The Morgan fingerprint density at radius 1 is 1.26 bits per heavy atom. The van der Waals surface area contributed by atoms with Gasteiger partial charge in [-0.05, 0) is 30.0 Å². The Hall–Kier alpha value is -2.21. The number of benzene rings is 1. The zero-order chi connectivity index (χ0) is 16.1. The van der Waals surface area contributed by atoms with Crippen molar-refractivity contribution in [2.75, 3.05) is 25.2 Å². The number of pyridine rings is 1. The number of H-pyrrole nitrogens is 1. The number of ether oxygens (including phenoxy) is 2. The van der Waals surface area contributed by atoms with Gasteiger partial charge in [0.2, 0.25) is 0 Å². The Balaban J connectivity index is 1.93. The highest BCUT2D eigenvalue weighted by Crippen LogP contribution is 2.32. The van der Waals surface area contributed by atoms with E-state index in [-0.39, 0.29) is 0 Å². The topological polar surface area (TPSA) is 60.0 Å². The van der Waals surface area contributed by atoms with E-state index in [1.807, 2.05) is 42.1 Å². The fourth-order valence-electron chi connectivity index (χ4n) is 2.27. The summed E-state index contributed by atoms with van der Waals surface area (Å²) in [6.45, 7) is 2.79. The molecule has 0 fully saturated rings. The predicted octanol–water partition coefficient (Wildman–Crippen LogP) is 3.77. The Morgan fingerprint density at radius 3 is 2.96 bits per heavy atom. The molecule has 1 aromatic carbocycles. The van der Waals surface area contributed by atoms with Crippen LogP contribution in [-0.4, -0.2) is 40.2 Å². The first-order chi connectivity index (χ1) is 11.3. The van der Waals surface area contributed by atoms with Crippen LogP contribution in [0.4, 0.5) is 0 Å². The molecular weight excluding hydrogens is 310 g/mol. The van der Waals surface area contributed by atoms with Crippen molar-refractivity contribution in [1.82, 2.24) is 15.0 Å². The SMILES string of the molecule is CCSCCOc1cc(OC)ccc1-c1nc2ncccc2[nH]1. The molecule has 0 bridgehead atoms. The van der Waals surface area contributed by atoms with Crippen LogP contribution < -0.4 is 9.47 Å². The smallest absolute Gasteiger partial charge is 0.178 e. The van der Waals surface area contributed by atoms with Crippen molar-refractivity contribution in [2.24, 2.45) is 0 Å². The fraction of sp³-hybridized carbons (Fsp3) is 0.294. The molecule has 0 spiro atoms. The summed E-state index contributed by atoms with van der Waals surface area (Å²) < 4.78 is 11.3. The molecule has 0 saturated heterocycles. The van der Waals surface area contributed by atoms with E-state index in [2.05, 4.69) is 21.9 Å². The lowest BCUT2D eigenvalue weighted by molar-refractivity contribution is 0.341. The van der Waals surface area contributed by atoms with Crippen molar-refractivity contribution in [3.8, 4) is 22.9 Å². The van der Waals surface area contributed by atoms with Crippen molar-refractivity contribution in [3.05, 3.63) is 36.5 Å². The van der Waals surface area contributed by atoms with Gasteiger partial charge in [0.1, 0.15) is 17.3 Å². The molecule has 23 heavy (non-hydrogen) atoms. The number of hydrogen-bond acceptors (Lipinski definition) is 5. The van der Waals surface area contributed by atoms with Gasteiger partial charge in [0, 0.05) is 18.0 Å². The Kier molecular flexibility index (Phi) is 5.02. The third-order valence-electron chi connectivity index (χ3n) is 3.39. The first-order valence-electron chi connectivity index (χ1n) is 7.51. The van der Waals surface area contributed by atoms with E-state index >= 15 is 0 Å². The summed E-state index contributed by atoms with van der Waals surface area (Å²) in [6, 6.07) is 9.60. The van der Waals surface area contributed by atoms with Gasteiger partial charge < -0.3 is 14.5 Å². The number of fused-ring (bicyclic) bond motifs is 1. The van der Waals surface area contributed by atoms with Crippen LogP contribution in [0.15, 0.2) is 36.5 Å². The fourth-order valence-corrected chi connectivity index (χ4v) is 2.76. The first kappa shape index (κ1) is 15.7. The third kappa shape index (κ3) is 3.59. The molecule has 0 radical (unpaired) electrons. The van der Waals surface area contributed by atoms with Crippen LogP contribution >= 0.6 is 11.8 Å². The summed E-state index contributed by atoms with van der Waals surface area (Å²) in [5.74, 6) is 4.32. The summed E-state index contributed by atoms with van der Waals surface area (Å²) in [5.41, 5.74) is 2.52. The maximum Gasteiger partial charge on any atom is 0.178 e. The Bertz CT molecular complexity index is 755. The predicted molar refractivity (Wildman–Crippen MR) is 94.4 cm³/mol. The lowest BCUT2D eigenvalue weighted by Crippen LogP contribution is -2.02. The minimum absolute atomic E-state index is 0.650. The molecular formula is C17H19N3O2S. The molecule has 1 N–H and O–H groups in total. The maximum atomic E-state index is 5.95. The summed E-state index contributed by atoms with van der Waals surface area (Å²) in [4.78, 5) is 12.1. The van der Waals surface area contributed by atoms with Crippen LogP contribution in [0.2, 0.25) is 0 Å². The van der Waals surface area contributed by atoms with E-state index in [9.17, 15) is 0 Å². The molecule has 0 aliphatic heterocycles. The van der Waals surface area contributed by atoms with Crippen LogP contribution in [0, 0.1) is 0 Å². The highest BCUT2D eigenvalue weighted by Gasteiger charge is 2.13. The molecule has 2 heterocycles. The van der Waals surface area contributed by atoms with Gasteiger partial charge in [-0.25, -0.2) is 9.97 Å². The van der Waals surface area contributed by atoms with Crippen LogP contribution in [0.5, 0.6) is 11.5 Å². The number of nitrogens with one attached hydrogen (secondary N) is 1. The van der Waals surface area contributed by atoms with Crippen LogP contribution in [0.3, 0.4) is 0 Å². The number of aromatic nitrogens is 3. The van der Waals surface area contributed by atoms with Gasteiger partial charge in [0.05, 0.1) is 24.8 Å². The first-order valence-corrected chi connectivity index (χ1v) is 8.67. The van der Waals surface area contributed by atoms with E-state index in [1.54, 1.807) is 13.3 Å². The number of rotatable bonds is 7. The molecule has 0 amide bonds. The maximum absolute atomic E-state index is 5.95. The van der Waals surface area contributed by atoms with E-state index in [0.29, 0.717) is 12.3 Å². The summed E-state index contributed by atoms with van der Waals surface area (Å²) >= 11 is 1.85. The molecule has 5 nitrogen and oxygen atoms in total. The Labute approximate surface area is 139 Å². The van der Waals surface area contributed by atoms with E-state index in [4.69, 9.17) is 9.47 Å². The zero-order valence-electron chi connectivity index (χ0n) is 13.2. The molecule has 0 saturated carbocycles. The average Bonchev–Trinajstić information content (AvgIpc) is 3.02. The third-order valence-corrected chi connectivity index (χ3v) is 4.25. The lowest BCUT2D eigenvalue weighted by atomic mass is 10.2. The largest absolute Gasteiger partial charge is 0.497 e. The molecule has 120 valence electrons. The van der Waals surface area contributed by atoms with Crippen LogP contribution in [0.1, 0.15) is 6.92 Å². The van der Waals surface area contributed by atoms with Crippen molar-refractivity contribution in [2.45, 2.75) is 6.92 Å². The minimum atomic E-state index is 0.650. The van der Waals surface area contributed by atoms with Gasteiger partial charge in [-0.3, -0.25) is 0 Å². The second kappa shape index (κ2) is 7.37. The monoisotopic (exact) mass is 329 g/mol. The number of imidazole rings is 1. The van der Waals surface area contributed by atoms with Gasteiger partial charge >= 0.3 is 0 Å². The summed E-state index contributed by atoms with van der Waals surface area (Å²) in [7, 11) is 1.65. The van der Waals surface area contributed by atoms with Gasteiger partial charge in [0.25, 0.3) is 0 Å². The van der Waals surface area contributed by atoms with Gasteiger partial charge in [-0.2, -0.15) is 11.8 Å². The summed E-state index contributed by atoms with van der Waals surface area (Å²) in [6.07, 6.45) is 1.74. The van der Waals surface area contributed by atoms with E-state index < -0.39 is 0 Å². The van der Waals surface area contributed by atoms with E-state index in [1.165, 1.54) is 0 Å². The van der Waals surface area contributed by atoms with Gasteiger partial charge in [0.15, 0.2) is 5.65 Å². The van der Waals surface area contributed by atoms with Crippen molar-refractivity contribution in [3.63, 3.8) is 0 Å². The summed E-state index contributed by atoms with van der Waals surface area (Å²) in [5, 5.41) is 0. The quantitative estimate of drug-likeness (QED) is 0.669. The lowest BCUT2D eigenvalue weighted by Gasteiger charge is -2.11. The molecule has 0 aliphatic carbocycles. The molecule has 3 aromatic rings. The van der Waals surface area contributed by atoms with Gasteiger partial charge in [-0.1, -0.05) is 6.92 Å². The zero-order valence-corrected chi connectivity index (χ0v) is 14.0. The second-order valence-electron chi connectivity index (χ2n) is 4.87. The van der Waals surface area contributed by atoms with Crippen LogP contribution in [-0.2, 0) is 0 Å². The number of nitrogens with zero attached hydrogens (tertiary/aromatic N) is 2. The normalized spacial score (nSPS) is 10.9. The second-order valence-corrected chi connectivity index (χ2v) is 6.26. The minimum Gasteiger partial charge on any atom is -0.497 e. The number of hydrogen-bond donors (Lipinski definition) is 1. The molecule has 2 aromatic heterocycles. The molecule has 0 aliphatic rings. The Morgan fingerprint density at radius 2 is 2.17 bits per heavy atom. The van der Waals surface area contributed by atoms with Crippen molar-refractivity contribution < 1.29 is 9.47 Å². The number of methoxy groups -OCH3 is 1.